The molecule has 0 aliphatic rings. The van der Waals surface area contributed by atoms with E-state index in [1.807, 2.05) is 0 Å². The third-order valence-electron chi connectivity index (χ3n) is 0. The zero-order chi connectivity index (χ0) is 4.50. The Hall–Kier alpha value is 1.73. The summed E-state index contributed by atoms with van der Waals surface area (Å²) in [6, 6.07) is 0. The molecule has 4 nitrogen and oxygen atoms in total. The first kappa shape index (κ1) is 15.9. The van der Waals surface area contributed by atoms with Gasteiger partial charge in [-0.1, -0.05) is 0 Å². The molecule has 0 heterocycles. The van der Waals surface area contributed by atoms with Crippen LogP contribution in [0.3, 0.4) is 0 Å². The Labute approximate surface area is 90.7 Å². The van der Waals surface area contributed by atoms with Crippen LogP contribution in [-0.2, 0) is 10.4 Å². The first-order valence-corrected chi connectivity index (χ1v) is 2.10. The topological polar surface area (TPSA) is 74.6 Å². The Morgan fingerprint density at radius 1 is 1.29 bits per heavy atom. The summed E-state index contributed by atoms with van der Waals surface area (Å²) >= 11 is 0. The van der Waals surface area contributed by atoms with Gasteiger partial charge in [0.25, 0.3) is 0 Å². The van der Waals surface area contributed by atoms with Crippen molar-refractivity contribution < 1.29 is 20.4 Å². The molecule has 0 aliphatic carbocycles. The molecule has 0 aromatic carbocycles. The largest absolute Gasteiger partial charge is 2.00 e. The molecule has 0 aliphatic heterocycles. The molecule has 44 valence electrons. The fourth-order valence-electron chi connectivity index (χ4n) is 0. The normalized spacial score (nSPS) is 8.29. The fourth-order valence-corrected chi connectivity index (χ4v) is 0. The van der Waals surface area contributed by atoms with Gasteiger partial charge in [-0.05, 0) is 0 Å². The average Bonchev–Trinajstić information content (AvgIpc) is 0.722. The Kier molecular flexibility index (Phi) is 13.3. The minimum Gasteiger partial charge on any atom is -1.00 e. The van der Waals surface area contributed by atoms with Gasteiger partial charge >= 0.3 is 59.3 Å². The Morgan fingerprint density at radius 2 is 1.29 bits per heavy atom. The van der Waals surface area contributed by atoms with E-state index >= 15 is 0 Å². The van der Waals surface area contributed by atoms with Gasteiger partial charge in [-0.15, -0.1) is 12.4 Å². The van der Waals surface area contributed by atoms with Crippen LogP contribution in [0.5, 0.6) is 0 Å². The maximum atomic E-state index is 8.74. The van der Waals surface area contributed by atoms with Crippen molar-refractivity contribution in [2.75, 3.05) is 0 Å². The van der Waals surface area contributed by atoms with Gasteiger partial charge < -0.3 is 2.85 Å². The van der Waals surface area contributed by atoms with E-state index in [0.717, 1.165) is 0 Å². The van der Waals surface area contributed by atoms with Crippen LogP contribution in [0.2, 0.25) is 0 Å². The number of hydrogen-bond acceptors (Lipinski definition) is 2. The maximum absolute atomic E-state index is 8.74. The molecule has 2 N–H and O–H groups in total. The summed E-state index contributed by atoms with van der Waals surface area (Å²) in [6.07, 6.45) is 0. The molecule has 0 unspecified atom stereocenters. The number of halogens is 1. The van der Waals surface area contributed by atoms with Crippen LogP contribution in [-0.4, -0.2) is 66.4 Å². The first-order chi connectivity index (χ1) is 2.00. The van der Waals surface area contributed by atoms with Crippen LogP contribution in [0.25, 0.3) is 0 Å². The molecule has 0 radical (unpaired) electrons. The molecule has 0 aromatic rings. The fraction of sp³-hybridized carbons (Fsp3) is 0. The van der Waals surface area contributed by atoms with Crippen LogP contribution in [0.1, 0.15) is 2.85 Å². The van der Waals surface area contributed by atoms with Crippen molar-refractivity contribution in [2.24, 2.45) is 0 Å². The van der Waals surface area contributed by atoms with E-state index in [9.17, 15) is 0 Å². The molecule has 7 heavy (non-hydrogen) atoms. The van der Waals surface area contributed by atoms with Crippen LogP contribution in [0, 0.1) is 0 Å². The van der Waals surface area contributed by atoms with Gasteiger partial charge in [0.15, 0.2) is 0 Å². The predicted molar refractivity (Wildman–Crippen MR) is 29.4 cm³/mol. The van der Waals surface area contributed by atoms with Gasteiger partial charge in [0.05, 0.1) is 0 Å². The Morgan fingerprint density at radius 3 is 1.29 bits per heavy atom. The van der Waals surface area contributed by atoms with Crippen LogP contribution >= 0.6 is 12.4 Å². The standard InChI is InChI=1S/Ba.ClH.H2O4S.2H/c;;1-5(2,3)4;;/h;1H;(H2,1,2,3,4);;/q+2;;;2*-1. The third kappa shape index (κ3) is 84.7. The predicted octanol–water partition coefficient (Wildman–Crippen LogP) is -0.387. The molecule has 0 aromatic heterocycles. The zero-order valence-electron chi connectivity index (χ0n) is 5.23. The molecule has 0 rings (SSSR count). The molecule has 0 spiro atoms. The van der Waals surface area contributed by atoms with Crippen molar-refractivity contribution in [1.29, 1.82) is 0 Å². The molecule has 0 saturated heterocycles. The molecule has 0 saturated carbocycles. The van der Waals surface area contributed by atoms with E-state index in [4.69, 9.17) is 17.5 Å². The van der Waals surface area contributed by atoms with Crippen LogP contribution < -0.4 is 0 Å². The second kappa shape index (κ2) is 5.86. The summed E-state index contributed by atoms with van der Waals surface area (Å²) in [5.41, 5.74) is 0. The van der Waals surface area contributed by atoms with Gasteiger partial charge in [0, 0.05) is 0 Å². The van der Waals surface area contributed by atoms with E-state index in [1.54, 1.807) is 0 Å². The van der Waals surface area contributed by atoms with Gasteiger partial charge in [-0.2, -0.15) is 8.42 Å². The third-order valence-corrected chi connectivity index (χ3v) is 0. The van der Waals surface area contributed by atoms with Crippen LogP contribution in [0.15, 0.2) is 0 Å². The smallest absolute Gasteiger partial charge is 1.00 e. The maximum Gasteiger partial charge on any atom is 2.00 e. The minimum absolute atomic E-state index is 0. The van der Waals surface area contributed by atoms with Crippen molar-refractivity contribution in [2.45, 2.75) is 0 Å². The molecule has 7 heteroatoms. The summed E-state index contributed by atoms with van der Waals surface area (Å²) in [7, 11) is -4.67. The van der Waals surface area contributed by atoms with Crippen molar-refractivity contribution in [3.63, 3.8) is 0 Å². The Bertz CT molecular complexity index is 102. The van der Waals surface area contributed by atoms with E-state index in [0.29, 0.717) is 0 Å². The van der Waals surface area contributed by atoms with Crippen molar-refractivity contribution in [1.82, 2.24) is 0 Å². The number of rotatable bonds is 0. The first-order valence-electron chi connectivity index (χ1n) is 0.698. The molecular formula is H5BaClO4S. The zero-order valence-corrected chi connectivity index (χ0v) is 9.31. The molecule has 0 atom stereocenters. The van der Waals surface area contributed by atoms with Gasteiger partial charge in [-0.25, -0.2) is 0 Å². The van der Waals surface area contributed by atoms with Crippen molar-refractivity contribution in [3.05, 3.63) is 0 Å². The van der Waals surface area contributed by atoms with Crippen LogP contribution in [0.4, 0.5) is 0 Å². The molecule has 0 amide bonds. The summed E-state index contributed by atoms with van der Waals surface area (Å²) < 4.78 is 31.6. The van der Waals surface area contributed by atoms with Crippen molar-refractivity contribution >= 4 is 71.7 Å². The Balaban J connectivity index is -0.0000000133. The summed E-state index contributed by atoms with van der Waals surface area (Å²) in [6.45, 7) is 0. The summed E-state index contributed by atoms with van der Waals surface area (Å²) in [5, 5.41) is 0. The van der Waals surface area contributed by atoms with Crippen molar-refractivity contribution in [3.8, 4) is 0 Å². The molecular weight excluding hydrogens is 269 g/mol. The summed E-state index contributed by atoms with van der Waals surface area (Å²) in [4.78, 5) is 0. The molecule has 0 bridgehead atoms. The average molecular weight is 274 g/mol. The number of hydrogen-bond donors (Lipinski definition) is 2. The minimum atomic E-state index is -4.67. The summed E-state index contributed by atoms with van der Waals surface area (Å²) in [5.74, 6) is 0. The monoisotopic (exact) mass is 274 g/mol. The second-order valence-corrected chi connectivity index (χ2v) is 1.34. The van der Waals surface area contributed by atoms with E-state index < -0.39 is 10.4 Å². The molecule has 0 fully saturated rings. The van der Waals surface area contributed by atoms with Gasteiger partial charge in [0.1, 0.15) is 0 Å². The van der Waals surface area contributed by atoms with E-state index in [-0.39, 0.29) is 64.1 Å². The van der Waals surface area contributed by atoms with Gasteiger partial charge in [0.2, 0.25) is 0 Å². The second-order valence-electron chi connectivity index (χ2n) is 0.448. The van der Waals surface area contributed by atoms with E-state index in [2.05, 4.69) is 0 Å². The quantitative estimate of drug-likeness (QED) is 0.466. The van der Waals surface area contributed by atoms with E-state index in [1.165, 1.54) is 0 Å². The van der Waals surface area contributed by atoms with Gasteiger partial charge in [-0.3, -0.25) is 9.11 Å². The SMILES string of the molecule is Cl.O=S(=O)(O)O.[Ba+2].[H-].[H-].